The molecule has 0 fully saturated rings. The second-order valence-corrected chi connectivity index (χ2v) is 18.4. The van der Waals surface area contributed by atoms with Crippen LogP contribution < -0.4 is 0 Å². The van der Waals surface area contributed by atoms with Gasteiger partial charge in [-0.1, -0.05) is 206 Å². The van der Waals surface area contributed by atoms with E-state index in [0.717, 1.165) is 11.4 Å². The summed E-state index contributed by atoms with van der Waals surface area (Å²) in [5.41, 5.74) is 21.4. The summed E-state index contributed by atoms with van der Waals surface area (Å²) in [5, 5.41) is 4.98. The van der Waals surface area contributed by atoms with Crippen molar-refractivity contribution in [3.63, 3.8) is 0 Å². The minimum absolute atomic E-state index is 0.574. The van der Waals surface area contributed by atoms with E-state index in [1.54, 1.807) is 0 Å². The van der Waals surface area contributed by atoms with Gasteiger partial charge in [-0.05, 0) is 127 Å². The maximum absolute atomic E-state index is 2.50. The van der Waals surface area contributed by atoms with Gasteiger partial charge < -0.3 is 9.13 Å². The number of nitrogens with zero attached hydrogens (tertiary/aromatic N) is 2. The summed E-state index contributed by atoms with van der Waals surface area (Å²) < 4.78 is 4.92. The van der Waals surface area contributed by atoms with Gasteiger partial charge in [0.15, 0.2) is 0 Å². The summed E-state index contributed by atoms with van der Waals surface area (Å²) in [4.78, 5) is 0. The molecule has 2 aromatic heterocycles. The first-order valence-corrected chi connectivity index (χ1v) is 23.9. The van der Waals surface area contributed by atoms with Crippen LogP contribution in [0.1, 0.15) is 22.3 Å². The Hall–Kier alpha value is -8.98. The van der Waals surface area contributed by atoms with Crippen LogP contribution in [0.5, 0.6) is 0 Å². The van der Waals surface area contributed by atoms with Gasteiger partial charge in [-0.2, -0.15) is 0 Å². The van der Waals surface area contributed by atoms with Gasteiger partial charge in [-0.15, -0.1) is 0 Å². The minimum atomic E-state index is -0.574. The molecule has 1 aliphatic rings. The van der Waals surface area contributed by atoms with Crippen molar-refractivity contribution in [3.8, 4) is 55.9 Å². The molecule has 0 N–H and O–H groups in total. The highest BCUT2D eigenvalue weighted by Crippen LogP contribution is 2.59. The summed E-state index contributed by atoms with van der Waals surface area (Å²) in [6.45, 7) is 0. The Balaban J connectivity index is 1.03. The largest absolute Gasteiger partial charge is 0.309 e. The van der Waals surface area contributed by atoms with Crippen LogP contribution in [0.25, 0.3) is 99.5 Å². The van der Waals surface area contributed by atoms with Gasteiger partial charge in [0.25, 0.3) is 0 Å². The lowest BCUT2D eigenvalue weighted by Gasteiger charge is -2.34. The lowest BCUT2D eigenvalue weighted by Crippen LogP contribution is -2.28. The molecule has 0 saturated carbocycles. The Bertz CT molecular complexity index is 4050. The van der Waals surface area contributed by atoms with Crippen LogP contribution in [0, 0.1) is 0 Å². The minimum Gasteiger partial charge on any atom is -0.309 e. The van der Waals surface area contributed by atoms with E-state index < -0.39 is 5.41 Å². The molecule has 0 atom stereocenters. The predicted octanol–water partition coefficient (Wildman–Crippen LogP) is 17.2. The molecule has 0 aliphatic heterocycles. The van der Waals surface area contributed by atoms with Crippen LogP contribution in [0.4, 0.5) is 0 Å². The van der Waals surface area contributed by atoms with Gasteiger partial charge in [0.1, 0.15) is 0 Å². The molecule has 2 heterocycles. The molecule has 14 rings (SSSR count). The van der Waals surface area contributed by atoms with Crippen LogP contribution in [0.15, 0.2) is 267 Å². The van der Waals surface area contributed by atoms with Crippen LogP contribution in [0.2, 0.25) is 0 Å². The standard InChI is InChI=1S/C67H44N2/c1-5-18-45(19-6-1)47-32-36-53(37-33-47)68-61-31-16-14-29-56(61)58-43-49(34-39-62(58)68)50-35-40-63-59(44-50)65-64(69(63)54-27-17-22-48(42-54)46-20-7-2-8-21-46)41-38-57-55-28-13-15-30-60(55)67(66(57)65,51-23-9-3-10-24-51)52-25-11-4-12-26-52/h1-44H. The van der Waals surface area contributed by atoms with Crippen molar-refractivity contribution >= 4 is 43.6 Å². The Morgan fingerprint density at radius 2 is 0.739 bits per heavy atom. The third kappa shape index (κ3) is 5.92. The van der Waals surface area contributed by atoms with Gasteiger partial charge in [-0.3, -0.25) is 0 Å². The normalized spacial score (nSPS) is 12.8. The molecule has 322 valence electrons. The quantitative estimate of drug-likeness (QED) is 0.151. The second-order valence-electron chi connectivity index (χ2n) is 18.4. The first-order chi connectivity index (χ1) is 34.2. The van der Waals surface area contributed by atoms with E-state index in [4.69, 9.17) is 0 Å². The zero-order valence-electron chi connectivity index (χ0n) is 37.8. The summed E-state index contributed by atoms with van der Waals surface area (Å²) in [6.07, 6.45) is 0. The Kier molecular flexibility index (Phi) is 8.84. The number of aromatic nitrogens is 2. The van der Waals surface area contributed by atoms with Gasteiger partial charge in [-0.25, -0.2) is 0 Å². The molecule has 0 bridgehead atoms. The van der Waals surface area contributed by atoms with Crippen LogP contribution in [-0.2, 0) is 5.41 Å². The Morgan fingerprint density at radius 3 is 1.43 bits per heavy atom. The zero-order chi connectivity index (χ0) is 45.5. The Labute approximate surface area is 401 Å². The molecule has 0 amide bonds. The number of para-hydroxylation sites is 1. The van der Waals surface area contributed by atoms with Gasteiger partial charge in [0, 0.05) is 32.9 Å². The summed E-state index contributed by atoms with van der Waals surface area (Å²) in [6, 6.07) is 98.7. The molecule has 2 nitrogen and oxygen atoms in total. The van der Waals surface area contributed by atoms with Crippen LogP contribution in [0.3, 0.4) is 0 Å². The molecule has 0 spiro atoms. The fourth-order valence-corrected chi connectivity index (χ4v) is 11.8. The SMILES string of the molecule is c1ccc(-c2ccc(-n3c4ccccc4c4cc(-c5ccc6c(c5)c5c7c(ccc5n6-c5cccc(-c6ccccc6)c5)-c5ccccc5C7(c5ccccc5)c5ccccc5)ccc43)cc2)cc1. The number of hydrogen-bond donors (Lipinski definition) is 0. The summed E-state index contributed by atoms with van der Waals surface area (Å²) in [5.74, 6) is 0. The molecular weight excluding hydrogens is 833 g/mol. The molecule has 0 unspecified atom stereocenters. The smallest absolute Gasteiger partial charge is 0.0720 e. The molecule has 2 heteroatoms. The van der Waals surface area contributed by atoms with E-state index in [9.17, 15) is 0 Å². The molecule has 0 saturated heterocycles. The topological polar surface area (TPSA) is 9.86 Å². The maximum Gasteiger partial charge on any atom is 0.0720 e. The lowest BCUT2D eigenvalue weighted by atomic mass is 9.67. The van der Waals surface area contributed by atoms with E-state index >= 15 is 0 Å². The fourth-order valence-electron chi connectivity index (χ4n) is 11.8. The van der Waals surface area contributed by atoms with Crippen molar-refractivity contribution < 1.29 is 0 Å². The molecule has 1 aliphatic carbocycles. The maximum atomic E-state index is 2.50. The predicted molar refractivity (Wildman–Crippen MR) is 289 cm³/mol. The van der Waals surface area contributed by atoms with E-state index in [-0.39, 0.29) is 0 Å². The summed E-state index contributed by atoms with van der Waals surface area (Å²) in [7, 11) is 0. The average Bonchev–Trinajstić information content (AvgIpc) is 4.06. The van der Waals surface area contributed by atoms with E-state index in [1.807, 2.05) is 0 Å². The van der Waals surface area contributed by atoms with E-state index in [1.165, 1.54) is 110 Å². The number of fused-ring (bicyclic) bond motifs is 10. The molecule has 13 aromatic rings. The third-order valence-electron chi connectivity index (χ3n) is 14.8. The van der Waals surface area contributed by atoms with Crippen LogP contribution >= 0.6 is 0 Å². The van der Waals surface area contributed by atoms with Crippen molar-refractivity contribution in [2.45, 2.75) is 5.41 Å². The number of benzene rings is 11. The van der Waals surface area contributed by atoms with Crippen molar-refractivity contribution in [1.29, 1.82) is 0 Å². The zero-order valence-corrected chi connectivity index (χ0v) is 37.8. The number of rotatable bonds is 7. The lowest BCUT2D eigenvalue weighted by molar-refractivity contribution is 0.776. The van der Waals surface area contributed by atoms with Crippen molar-refractivity contribution in [2.24, 2.45) is 0 Å². The highest BCUT2D eigenvalue weighted by Gasteiger charge is 2.47. The first-order valence-electron chi connectivity index (χ1n) is 23.9. The molecule has 69 heavy (non-hydrogen) atoms. The Morgan fingerprint density at radius 1 is 0.261 bits per heavy atom. The fraction of sp³-hybridized carbons (Fsp3) is 0.0149. The highest BCUT2D eigenvalue weighted by atomic mass is 15.0. The second kappa shape index (κ2) is 15.6. The monoisotopic (exact) mass is 876 g/mol. The van der Waals surface area contributed by atoms with E-state index in [2.05, 4.69) is 276 Å². The highest BCUT2D eigenvalue weighted by molar-refractivity contribution is 6.17. The first kappa shape index (κ1) is 39.2. The number of hydrogen-bond acceptors (Lipinski definition) is 0. The average molecular weight is 877 g/mol. The molecule has 0 radical (unpaired) electrons. The van der Waals surface area contributed by atoms with Gasteiger partial charge in [0.2, 0.25) is 0 Å². The van der Waals surface area contributed by atoms with Crippen LogP contribution in [-0.4, -0.2) is 9.13 Å². The van der Waals surface area contributed by atoms with Crippen molar-refractivity contribution in [1.82, 2.24) is 9.13 Å². The summed E-state index contributed by atoms with van der Waals surface area (Å²) >= 11 is 0. The van der Waals surface area contributed by atoms with Crippen molar-refractivity contribution in [2.75, 3.05) is 0 Å². The van der Waals surface area contributed by atoms with Gasteiger partial charge in [0.05, 0.1) is 27.5 Å². The molecule has 11 aromatic carbocycles. The van der Waals surface area contributed by atoms with Gasteiger partial charge >= 0.3 is 0 Å². The van der Waals surface area contributed by atoms with E-state index in [0.29, 0.717) is 0 Å². The van der Waals surface area contributed by atoms with Crippen molar-refractivity contribution in [3.05, 3.63) is 289 Å². The third-order valence-corrected chi connectivity index (χ3v) is 14.8. The molecular formula is C67H44N2.